The van der Waals surface area contributed by atoms with Gasteiger partial charge in [-0.15, -0.1) is 0 Å². The van der Waals surface area contributed by atoms with Crippen LogP contribution in [0.15, 0.2) is 0 Å². The minimum Gasteiger partial charge on any atom is -0.312 e. The number of hydrogen-bond donors (Lipinski definition) is 1. The molecule has 2 aliphatic rings. The Balaban J connectivity index is 2.02. The van der Waals surface area contributed by atoms with E-state index in [1.165, 1.54) is 45.2 Å². The summed E-state index contributed by atoms with van der Waals surface area (Å²) in [5, 5.41) is 3.77. The molecule has 0 aromatic heterocycles. The van der Waals surface area contributed by atoms with Crippen molar-refractivity contribution in [3.05, 3.63) is 0 Å². The van der Waals surface area contributed by atoms with Gasteiger partial charge in [-0.2, -0.15) is 0 Å². The zero-order valence-electron chi connectivity index (χ0n) is 12.8. The number of likely N-dealkylation sites (tertiary alicyclic amines) is 1. The zero-order chi connectivity index (χ0) is 13.2. The van der Waals surface area contributed by atoms with Crippen LogP contribution in [0.1, 0.15) is 59.8 Å². The van der Waals surface area contributed by atoms with Crippen molar-refractivity contribution in [2.24, 2.45) is 11.3 Å². The van der Waals surface area contributed by atoms with Crippen molar-refractivity contribution < 1.29 is 0 Å². The molecule has 1 saturated heterocycles. The van der Waals surface area contributed by atoms with E-state index in [-0.39, 0.29) is 0 Å². The fourth-order valence-electron chi connectivity index (χ4n) is 4.12. The summed E-state index contributed by atoms with van der Waals surface area (Å²) in [4.78, 5) is 2.81. The fraction of sp³-hybridized carbons (Fsp3) is 1.00. The molecule has 2 nitrogen and oxygen atoms in total. The number of rotatable bonds is 4. The second-order valence-corrected chi connectivity index (χ2v) is 7.04. The van der Waals surface area contributed by atoms with Gasteiger partial charge in [0.2, 0.25) is 0 Å². The normalized spacial score (nSPS) is 37.0. The molecule has 1 aliphatic heterocycles. The van der Waals surface area contributed by atoms with E-state index in [0.717, 1.165) is 18.5 Å². The topological polar surface area (TPSA) is 15.3 Å². The van der Waals surface area contributed by atoms with Crippen molar-refractivity contribution in [3.63, 3.8) is 0 Å². The molecule has 0 radical (unpaired) electrons. The molecule has 1 heterocycles. The Labute approximate surface area is 114 Å². The summed E-state index contributed by atoms with van der Waals surface area (Å²) in [6, 6.07) is 1.48. The fourth-order valence-corrected chi connectivity index (χ4v) is 4.12. The Bertz CT molecular complexity index is 262. The third kappa shape index (κ3) is 2.91. The van der Waals surface area contributed by atoms with Gasteiger partial charge >= 0.3 is 0 Å². The van der Waals surface area contributed by atoms with Gasteiger partial charge in [-0.1, -0.05) is 34.1 Å². The average Bonchev–Trinajstić information content (AvgIpc) is 2.66. The molecule has 0 aromatic carbocycles. The molecule has 18 heavy (non-hydrogen) atoms. The maximum Gasteiger partial charge on any atom is 0.0274 e. The number of hydrogen-bond acceptors (Lipinski definition) is 2. The molecule has 1 aliphatic carbocycles. The summed E-state index contributed by atoms with van der Waals surface area (Å²) in [7, 11) is 0. The third-order valence-corrected chi connectivity index (χ3v) is 5.33. The quantitative estimate of drug-likeness (QED) is 0.826. The zero-order valence-corrected chi connectivity index (χ0v) is 12.8. The Hall–Kier alpha value is -0.0800. The van der Waals surface area contributed by atoms with Gasteiger partial charge < -0.3 is 5.32 Å². The first-order chi connectivity index (χ1) is 8.58. The second-order valence-electron chi connectivity index (χ2n) is 7.04. The largest absolute Gasteiger partial charge is 0.312 e. The first-order valence-electron chi connectivity index (χ1n) is 8.06. The third-order valence-electron chi connectivity index (χ3n) is 5.33. The molecule has 106 valence electrons. The van der Waals surface area contributed by atoms with Gasteiger partial charge in [-0.3, -0.25) is 4.90 Å². The number of likely N-dealkylation sites (N-methyl/N-ethyl adjacent to an activating group) is 1. The molecule has 1 saturated carbocycles. The molecule has 2 rings (SSSR count). The molecule has 3 atom stereocenters. The molecule has 0 amide bonds. The van der Waals surface area contributed by atoms with Crippen LogP contribution >= 0.6 is 0 Å². The first-order valence-corrected chi connectivity index (χ1v) is 8.06. The number of nitrogens with one attached hydrogen (secondary N) is 1. The van der Waals surface area contributed by atoms with Crippen LogP contribution in [0.4, 0.5) is 0 Å². The minimum atomic E-state index is 0.472. The van der Waals surface area contributed by atoms with Crippen LogP contribution in [0, 0.1) is 11.3 Å². The van der Waals surface area contributed by atoms with Crippen LogP contribution in [-0.2, 0) is 0 Å². The van der Waals surface area contributed by atoms with Crippen LogP contribution < -0.4 is 5.32 Å². The maximum atomic E-state index is 3.77. The van der Waals surface area contributed by atoms with E-state index in [9.17, 15) is 0 Å². The van der Waals surface area contributed by atoms with E-state index in [0.29, 0.717) is 11.5 Å². The summed E-state index contributed by atoms with van der Waals surface area (Å²) in [5.41, 5.74) is 0.472. The second kappa shape index (κ2) is 5.92. The highest BCUT2D eigenvalue weighted by molar-refractivity contribution is 5.01. The molecule has 0 bridgehead atoms. The van der Waals surface area contributed by atoms with Gasteiger partial charge in [0.1, 0.15) is 0 Å². The van der Waals surface area contributed by atoms with Crippen LogP contribution in [-0.4, -0.2) is 36.6 Å². The predicted octanol–water partition coefficient (Wildman–Crippen LogP) is 3.28. The molecular formula is C16H32N2. The van der Waals surface area contributed by atoms with E-state index < -0.39 is 0 Å². The summed E-state index contributed by atoms with van der Waals surface area (Å²) in [6.07, 6.45) is 6.99. The number of nitrogens with zero attached hydrogens (tertiary/aromatic N) is 1. The molecule has 0 spiro atoms. The van der Waals surface area contributed by atoms with E-state index in [1.807, 2.05) is 0 Å². The van der Waals surface area contributed by atoms with Gasteiger partial charge in [0.15, 0.2) is 0 Å². The average molecular weight is 252 g/mol. The molecular weight excluding hydrogens is 220 g/mol. The lowest BCUT2D eigenvalue weighted by Crippen LogP contribution is -2.54. The van der Waals surface area contributed by atoms with E-state index in [2.05, 4.69) is 37.9 Å². The highest BCUT2D eigenvalue weighted by atomic mass is 15.2. The van der Waals surface area contributed by atoms with Crippen LogP contribution in [0.3, 0.4) is 0 Å². The van der Waals surface area contributed by atoms with Crippen molar-refractivity contribution in [1.82, 2.24) is 10.2 Å². The molecule has 2 heteroatoms. The summed E-state index contributed by atoms with van der Waals surface area (Å²) >= 11 is 0. The predicted molar refractivity (Wildman–Crippen MR) is 78.9 cm³/mol. The van der Waals surface area contributed by atoms with Crippen molar-refractivity contribution in [2.75, 3.05) is 19.6 Å². The summed E-state index contributed by atoms with van der Waals surface area (Å²) in [6.45, 7) is 13.3. The van der Waals surface area contributed by atoms with Crippen molar-refractivity contribution in [3.8, 4) is 0 Å². The Morgan fingerprint density at radius 1 is 1.22 bits per heavy atom. The summed E-state index contributed by atoms with van der Waals surface area (Å²) in [5.74, 6) is 0.949. The lowest BCUT2D eigenvalue weighted by Gasteiger charge is -2.41. The van der Waals surface area contributed by atoms with Crippen LogP contribution in [0.5, 0.6) is 0 Å². The lowest BCUT2D eigenvalue weighted by atomic mass is 9.85. The van der Waals surface area contributed by atoms with Crippen molar-refractivity contribution in [1.29, 1.82) is 0 Å². The first kappa shape index (κ1) is 14.3. The molecule has 3 unspecified atom stereocenters. The Morgan fingerprint density at radius 3 is 2.67 bits per heavy atom. The summed E-state index contributed by atoms with van der Waals surface area (Å²) < 4.78 is 0. The number of piperidine rings is 1. The smallest absolute Gasteiger partial charge is 0.0274 e. The van der Waals surface area contributed by atoms with Gasteiger partial charge in [0, 0.05) is 18.6 Å². The van der Waals surface area contributed by atoms with E-state index in [4.69, 9.17) is 0 Å². The molecule has 1 N–H and O–H groups in total. The van der Waals surface area contributed by atoms with Gasteiger partial charge in [0.05, 0.1) is 0 Å². The Morgan fingerprint density at radius 2 is 2.00 bits per heavy atom. The standard InChI is InChI=1S/C16H32N2/c1-5-13-8-7-11-18(12-13)14-9-10-16(3,4)15(14)17-6-2/h13-15,17H,5-12H2,1-4H3. The van der Waals surface area contributed by atoms with Crippen molar-refractivity contribution in [2.45, 2.75) is 71.9 Å². The van der Waals surface area contributed by atoms with Crippen LogP contribution in [0.2, 0.25) is 0 Å². The molecule has 2 fully saturated rings. The van der Waals surface area contributed by atoms with Crippen LogP contribution in [0.25, 0.3) is 0 Å². The molecule has 0 aromatic rings. The monoisotopic (exact) mass is 252 g/mol. The highest BCUT2D eigenvalue weighted by Crippen LogP contribution is 2.41. The van der Waals surface area contributed by atoms with Gasteiger partial charge in [-0.25, -0.2) is 0 Å². The van der Waals surface area contributed by atoms with E-state index >= 15 is 0 Å². The maximum absolute atomic E-state index is 3.77. The Kier molecular flexibility index (Phi) is 4.71. The SMILES string of the molecule is CCNC1C(N2CCCC(CC)C2)CCC1(C)C. The van der Waals surface area contributed by atoms with Gasteiger partial charge in [-0.05, 0) is 50.1 Å². The van der Waals surface area contributed by atoms with E-state index in [1.54, 1.807) is 0 Å². The van der Waals surface area contributed by atoms with Gasteiger partial charge in [0.25, 0.3) is 0 Å². The van der Waals surface area contributed by atoms with Crippen molar-refractivity contribution >= 4 is 0 Å². The minimum absolute atomic E-state index is 0.472. The highest BCUT2D eigenvalue weighted by Gasteiger charge is 2.44. The lowest BCUT2D eigenvalue weighted by molar-refractivity contribution is 0.0932.